The first-order valence-electron chi connectivity index (χ1n) is 7.27. The molecule has 2 saturated heterocycles. The fraction of sp³-hybridized carbons (Fsp3) is 0.500. The number of hydrogen-bond acceptors (Lipinski definition) is 5. The maximum atomic E-state index is 12.1. The Balaban J connectivity index is 1.45. The van der Waals surface area contributed by atoms with Gasteiger partial charge in [0.15, 0.2) is 0 Å². The second kappa shape index (κ2) is 6.29. The summed E-state index contributed by atoms with van der Waals surface area (Å²) in [5, 5.41) is 10.3. The lowest BCUT2D eigenvalue weighted by Crippen LogP contribution is -2.49. The number of fused-ring (bicyclic) bond motifs is 2. The summed E-state index contributed by atoms with van der Waals surface area (Å²) in [6.45, 7) is 0.680. The molecular weight excluding hydrogens is 288 g/mol. The van der Waals surface area contributed by atoms with Gasteiger partial charge in [0, 0.05) is 24.9 Å². The van der Waals surface area contributed by atoms with Crippen molar-refractivity contribution < 1.29 is 19.6 Å². The molecule has 2 aliphatic rings. The molecule has 2 atom stereocenters. The molecular formula is C14H18N4O4. The number of hydroxylamine groups is 3. The molecule has 0 radical (unpaired) electrons. The molecule has 22 heavy (non-hydrogen) atoms. The number of pyridine rings is 1. The number of nitrogens with zero attached hydrogens (tertiary/aromatic N) is 3. The molecule has 2 aliphatic heterocycles. The van der Waals surface area contributed by atoms with Crippen molar-refractivity contribution in [2.75, 3.05) is 13.2 Å². The molecule has 0 aromatic carbocycles. The van der Waals surface area contributed by atoms with E-state index < -0.39 is 12.1 Å². The summed E-state index contributed by atoms with van der Waals surface area (Å²) in [5.74, 6) is -0.358. The molecule has 2 unspecified atom stereocenters. The van der Waals surface area contributed by atoms with Crippen LogP contribution in [0.3, 0.4) is 0 Å². The van der Waals surface area contributed by atoms with Gasteiger partial charge in [-0.3, -0.25) is 19.8 Å². The van der Waals surface area contributed by atoms with Crippen LogP contribution in [0.5, 0.6) is 0 Å². The third-order valence-corrected chi connectivity index (χ3v) is 4.01. The maximum absolute atomic E-state index is 12.1. The Bertz CT molecular complexity index is 553. The first kappa shape index (κ1) is 14.7. The van der Waals surface area contributed by atoms with Crippen molar-refractivity contribution in [2.24, 2.45) is 0 Å². The van der Waals surface area contributed by atoms with Crippen molar-refractivity contribution in [1.82, 2.24) is 20.4 Å². The van der Waals surface area contributed by atoms with Crippen molar-refractivity contribution in [3.05, 3.63) is 30.1 Å². The second-order valence-electron chi connectivity index (χ2n) is 5.41. The Kier molecular flexibility index (Phi) is 4.21. The first-order valence-corrected chi connectivity index (χ1v) is 7.27. The number of piperidine rings is 1. The summed E-state index contributed by atoms with van der Waals surface area (Å²) in [6.07, 6.45) is 3.40. The number of aromatic nitrogens is 1. The zero-order valence-electron chi connectivity index (χ0n) is 12.0. The lowest BCUT2D eigenvalue weighted by atomic mass is 10.0. The minimum absolute atomic E-state index is 0.207. The van der Waals surface area contributed by atoms with Crippen molar-refractivity contribution in [1.29, 1.82) is 0 Å². The maximum Gasteiger partial charge on any atom is 0.344 e. The van der Waals surface area contributed by atoms with Crippen LogP contribution >= 0.6 is 0 Å². The number of urea groups is 1. The van der Waals surface area contributed by atoms with Crippen molar-refractivity contribution >= 4 is 11.9 Å². The average molecular weight is 306 g/mol. The van der Waals surface area contributed by atoms with Gasteiger partial charge in [0.2, 0.25) is 0 Å². The summed E-state index contributed by atoms with van der Waals surface area (Å²) in [7, 11) is 0. The lowest BCUT2D eigenvalue weighted by molar-refractivity contribution is -0.138. The van der Waals surface area contributed by atoms with Crippen LogP contribution in [0.25, 0.3) is 0 Å². The smallest absolute Gasteiger partial charge is 0.309 e. The average Bonchev–Trinajstić information content (AvgIpc) is 2.77. The van der Waals surface area contributed by atoms with Gasteiger partial charge < -0.3 is 4.90 Å². The quantitative estimate of drug-likeness (QED) is 0.464. The number of nitrogens with one attached hydrogen (secondary N) is 1. The van der Waals surface area contributed by atoms with Crippen LogP contribution in [0, 0.1) is 0 Å². The molecule has 2 bridgehead atoms. The third-order valence-electron chi connectivity index (χ3n) is 4.01. The summed E-state index contributed by atoms with van der Waals surface area (Å²) < 4.78 is 0. The normalized spacial score (nSPS) is 23.8. The van der Waals surface area contributed by atoms with Gasteiger partial charge in [0.25, 0.3) is 5.91 Å². The molecule has 1 aromatic heterocycles. The lowest BCUT2D eigenvalue weighted by Gasteiger charge is -2.28. The Hall–Kier alpha value is -2.19. The standard InChI is InChI=1S/C14H18N4O4/c19-13(16-22-8-6-10-3-1-2-7-15-10)12-5-4-11-9-17(12)14(20)18(11)21/h1-3,7,11-12,21H,4-6,8-9H2,(H,16,19). The molecule has 8 heteroatoms. The topological polar surface area (TPSA) is 95.0 Å². The summed E-state index contributed by atoms with van der Waals surface area (Å²) >= 11 is 0. The molecule has 1 aromatic rings. The highest BCUT2D eigenvalue weighted by Gasteiger charge is 2.46. The van der Waals surface area contributed by atoms with E-state index in [1.165, 1.54) is 4.90 Å². The van der Waals surface area contributed by atoms with E-state index in [2.05, 4.69) is 10.5 Å². The van der Waals surface area contributed by atoms with E-state index in [-0.39, 0.29) is 11.9 Å². The van der Waals surface area contributed by atoms with Crippen molar-refractivity contribution in [3.63, 3.8) is 0 Å². The molecule has 0 saturated carbocycles. The molecule has 8 nitrogen and oxygen atoms in total. The molecule has 118 valence electrons. The van der Waals surface area contributed by atoms with Gasteiger partial charge in [0.1, 0.15) is 6.04 Å². The van der Waals surface area contributed by atoms with Gasteiger partial charge in [-0.1, -0.05) is 6.07 Å². The SMILES string of the molecule is O=C(NOCCc1ccccn1)C1CCC2CN1C(=O)N2O. The van der Waals surface area contributed by atoms with Crippen LogP contribution in [0.1, 0.15) is 18.5 Å². The predicted octanol–water partition coefficient (Wildman–Crippen LogP) is 0.330. The Morgan fingerprint density at radius 3 is 3.09 bits per heavy atom. The van der Waals surface area contributed by atoms with E-state index in [1.807, 2.05) is 18.2 Å². The largest absolute Gasteiger partial charge is 0.344 e. The first-order chi connectivity index (χ1) is 10.7. The van der Waals surface area contributed by atoms with E-state index in [0.29, 0.717) is 32.4 Å². The van der Waals surface area contributed by atoms with Crippen LogP contribution < -0.4 is 5.48 Å². The van der Waals surface area contributed by atoms with E-state index >= 15 is 0 Å². The van der Waals surface area contributed by atoms with E-state index in [1.54, 1.807) is 6.20 Å². The summed E-state index contributed by atoms with van der Waals surface area (Å²) in [4.78, 5) is 34.6. The molecule has 2 fully saturated rings. The van der Waals surface area contributed by atoms with Crippen LogP contribution in [-0.2, 0) is 16.1 Å². The zero-order valence-corrected chi connectivity index (χ0v) is 12.0. The van der Waals surface area contributed by atoms with E-state index in [0.717, 1.165) is 10.8 Å². The number of carbonyl (C=O) groups excluding carboxylic acids is 2. The molecule has 3 amide bonds. The van der Waals surface area contributed by atoms with E-state index in [9.17, 15) is 14.8 Å². The highest BCUT2D eigenvalue weighted by Crippen LogP contribution is 2.28. The minimum atomic E-state index is -0.587. The van der Waals surface area contributed by atoms with Gasteiger partial charge in [0.05, 0.1) is 12.6 Å². The van der Waals surface area contributed by atoms with Gasteiger partial charge >= 0.3 is 6.03 Å². The highest BCUT2D eigenvalue weighted by molar-refractivity contribution is 5.87. The molecule has 2 N–H and O–H groups in total. The van der Waals surface area contributed by atoms with Gasteiger partial charge in [-0.15, -0.1) is 0 Å². The Morgan fingerprint density at radius 1 is 1.45 bits per heavy atom. The molecule has 0 aliphatic carbocycles. The van der Waals surface area contributed by atoms with Crippen molar-refractivity contribution in [2.45, 2.75) is 31.3 Å². The number of amides is 3. The molecule has 3 heterocycles. The van der Waals surface area contributed by atoms with E-state index in [4.69, 9.17) is 4.84 Å². The van der Waals surface area contributed by atoms with Gasteiger partial charge in [-0.25, -0.2) is 15.3 Å². The number of hydrogen-bond donors (Lipinski definition) is 2. The fourth-order valence-corrected chi connectivity index (χ4v) is 2.81. The minimum Gasteiger partial charge on any atom is -0.309 e. The van der Waals surface area contributed by atoms with Crippen LogP contribution in [0.15, 0.2) is 24.4 Å². The van der Waals surface area contributed by atoms with Crippen LogP contribution in [0.2, 0.25) is 0 Å². The molecule has 3 rings (SSSR count). The predicted molar refractivity (Wildman–Crippen MR) is 74.6 cm³/mol. The number of carbonyl (C=O) groups is 2. The highest BCUT2D eigenvalue weighted by atomic mass is 16.6. The summed E-state index contributed by atoms with van der Waals surface area (Å²) in [5.41, 5.74) is 3.26. The second-order valence-corrected chi connectivity index (χ2v) is 5.41. The zero-order chi connectivity index (χ0) is 15.5. The summed E-state index contributed by atoms with van der Waals surface area (Å²) in [6, 6.07) is 4.29. The molecule has 0 spiro atoms. The Morgan fingerprint density at radius 2 is 2.32 bits per heavy atom. The van der Waals surface area contributed by atoms with Gasteiger partial charge in [-0.2, -0.15) is 0 Å². The fourth-order valence-electron chi connectivity index (χ4n) is 2.81. The van der Waals surface area contributed by atoms with Gasteiger partial charge in [-0.05, 0) is 25.0 Å². The number of rotatable bonds is 5. The van der Waals surface area contributed by atoms with Crippen LogP contribution in [0.4, 0.5) is 4.79 Å². The third kappa shape index (κ3) is 2.88. The monoisotopic (exact) mass is 306 g/mol. The Labute approximate surface area is 127 Å². The van der Waals surface area contributed by atoms with Crippen LogP contribution in [-0.4, -0.2) is 57.3 Å². The van der Waals surface area contributed by atoms with Crippen molar-refractivity contribution in [3.8, 4) is 0 Å².